The third-order valence-corrected chi connectivity index (χ3v) is 12.2. The summed E-state index contributed by atoms with van der Waals surface area (Å²) in [6.07, 6.45) is -39.0. The summed E-state index contributed by atoms with van der Waals surface area (Å²) in [5.74, 6) is -1.42. The molecule has 0 aliphatic carbocycles. The summed E-state index contributed by atoms with van der Waals surface area (Å²) >= 11 is 0. The summed E-state index contributed by atoms with van der Waals surface area (Å²) in [4.78, 5) is 24.8. The number of hydrogen-bond donors (Lipinski definition) is 15. The Bertz CT molecular complexity index is 1500. The van der Waals surface area contributed by atoms with Crippen LogP contribution < -0.4 is 10.6 Å². The Morgan fingerprint density at radius 2 is 0.969 bits per heavy atom. The van der Waals surface area contributed by atoms with Crippen molar-refractivity contribution in [2.45, 2.75) is 174 Å². The summed E-state index contributed by atoms with van der Waals surface area (Å²) in [6, 6.07) is -3.03. The standard InChI is InChI=1S/C35H62N2O25P2/c1-9-18(43)23(48)26(51)33(54-9)60-29-17(37-11(3)42)31(57-14(7-40)28(29)59-34-27(52)24(49)20(45)13(6-39)56-34)53-8-15-21(46)25(50)30(35(58-15)62-64(4)63)61-32-16(36-10(2)41)22(47)19(44)12(5-38)55-32/h9,12-35,38-40,43-52H,5-8,63H2,1-4H3,(H,36,41)(H,37,42)/t9?,12?,13?,14?,15?,16?,17?,18-,19-,20+,21-,22-,23+,24+,25+,26?,27?,28-,29-,30?,31-,32+,33+,34+,35-,64?/m1/s1. The van der Waals surface area contributed by atoms with E-state index < -0.39 is 199 Å². The van der Waals surface area contributed by atoms with Crippen molar-refractivity contribution in [2.24, 2.45) is 0 Å². The minimum atomic E-state index is -1.99. The molecule has 0 radical (unpaired) electrons. The van der Waals surface area contributed by atoms with Crippen molar-refractivity contribution >= 4 is 28.6 Å². The van der Waals surface area contributed by atoms with Crippen LogP contribution in [0, 0.1) is 0 Å². The highest BCUT2D eigenvalue weighted by atomic mass is 32.0. The van der Waals surface area contributed by atoms with E-state index in [9.17, 15) is 76.0 Å². The smallest absolute Gasteiger partial charge is 0.217 e. The SMILES string of the molecule is CC(=O)NC1[C@H](OC2[C@@H](OP(C)P)OC(CO[C@@H]3OC(CO)[C@@H](O[C@@H]4OC(CO)[C@H](O)[C@H](O)C4O)[C@H](O[C@@H]4OC(C)[C@@H](O)[C@H](O)C4O)C3NC(C)=O)[C@@H](O)[C@@H]2O)OC(CO)[C@@H](O)[C@@H]1O. The van der Waals surface area contributed by atoms with E-state index in [0.717, 1.165) is 13.8 Å². The first-order valence-corrected chi connectivity index (χ1v) is 23.6. The molecule has 12 unspecified atom stereocenters. The highest BCUT2D eigenvalue weighted by Crippen LogP contribution is 2.45. The van der Waals surface area contributed by atoms with Gasteiger partial charge in [0.2, 0.25) is 11.8 Å². The van der Waals surface area contributed by atoms with Crippen LogP contribution in [0.15, 0.2) is 0 Å². The van der Waals surface area contributed by atoms with E-state index in [2.05, 4.69) is 19.6 Å². The molecule has 2 amide bonds. The van der Waals surface area contributed by atoms with Crippen molar-refractivity contribution in [1.29, 1.82) is 0 Å². The lowest BCUT2D eigenvalue weighted by atomic mass is 9.94. The molecule has 0 aromatic rings. The summed E-state index contributed by atoms with van der Waals surface area (Å²) < 4.78 is 58.9. The van der Waals surface area contributed by atoms with Gasteiger partial charge < -0.3 is 124 Å². The molecule has 5 fully saturated rings. The number of carbonyl (C=O) groups is 2. The Balaban J connectivity index is 1.42. The summed E-state index contributed by atoms with van der Waals surface area (Å²) in [6.45, 7) is 1.92. The molecule has 0 aromatic carbocycles. The van der Waals surface area contributed by atoms with Crippen molar-refractivity contribution in [3.8, 4) is 0 Å². The molecule has 5 aliphatic heterocycles. The Morgan fingerprint density at radius 3 is 1.53 bits per heavy atom. The maximum atomic E-state index is 12.8. The quantitative estimate of drug-likeness (QED) is 0.0639. The fraction of sp³-hybridized carbons (Fsp3) is 0.943. The second kappa shape index (κ2) is 23.5. The molecule has 5 saturated heterocycles. The molecular formula is C35H62N2O25P2. The van der Waals surface area contributed by atoms with E-state index in [1.807, 2.05) is 0 Å². The fourth-order valence-corrected chi connectivity index (χ4v) is 8.75. The van der Waals surface area contributed by atoms with Crippen molar-refractivity contribution in [3.05, 3.63) is 0 Å². The van der Waals surface area contributed by atoms with Crippen molar-refractivity contribution < 1.29 is 123 Å². The molecule has 15 N–H and O–H groups in total. The topological polar surface area (TPSA) is 413 Å². The van der Waals surface area contributed by atoms with Crippen LogP contribution in [-0.2, 0) is 56.7 Å². The molecule has 5 rings (SSSR count). The third-order valence-electron chi connectivity index (χ3n) is 11.3. The molecule has 27 nitrogen and oxygen atoms in total. The van der Waals surface area contributed by atoms with Crippen molar-refractivity contribution in [3.63, 3.8) is 0 Å². The monoisotopic (exact) mass is 972 g/mol. The number of aliphatic hydroxyl groups excluding tert-OH is 13. The first kappa shape index (κ1) is 53.8. The summed E-state index contributed by atoms with van der Waals surface area (Å²) in [7, 11) is 0.971. The van der Waals surface area contributed by atoms with Gasteiger partial charge in [0, 0.05) is 21.7 Å². The number of hydrogen-bond acceptors (Lipinski definition) is 25. The Kier molecular flexibility index (Phi) is 19.7. The van der Waals surface area contributed by atoms with E-state index in [4.69, 9.17) is 47.2 Å². The van der Waals surface area contributed by atoms with Crippen LogP contribution in [0.4, 0.5) is 0 Å². The van der Waals surface area contributed by atoms with Crippen LogP contribution in [0.2, 0.25) is 0 Å². The van der Waals surface area contributed by atoms with Gasteiger partial charge in [-0.15, -0.1) is 0 Å². The minimum Gasteiger partial charge on any atom is -0.394 e. The number of nitrogens with one attached hydrogen (secondary N) is 2. The zero-order valence-electron chi connectivity index (χ0n) is 35.0. The highest BCUT2D eigenvalue weighted by Gasteiger charge is 2.56. The highest BCUT2D eigenvalue weighted by molar-refractivity contribution is 8.10. The number of carbonyl (C=O) groups excluding carboxylic acids is 2. The maximum absolute atomic E-state index is 12.8. The maximum Gasteiger partial charge on any atom is 0.217 e. The van der Waals surface area contributed by atoms with Gasteiger partial charge in [0.05, 0.1) is 32.5 Å². The van der Waals surface area contributed by atoms with E-state index in [1.54, 1.807) is 6.66 Å². The van der Waals surface area contributed by atoms with Gasteiger partial charge in [0.15, 0.2) is 31.5 Å². The fourth-order valence-electron chi connectivity index (χ4n) is 7.89. The Labute approximate surface area is 369 Å². The number of ether oxygens (including phenoxy) is 9. The van der Waals surface area contributed by atoms with Gasteiger partial charge in [-0.1, -0.05) is 8.93 Å². The van der Waals surface area contributed by atoms with E-state index in [0.29, 0.717) is 0 Å². The van der Waals surface area contributed by atoms with Gasteiger partial charge in [0.25, 0.3) is 0 Å². The number of amides is 2. The average molecular weight is 973 g/mol. The van der Waals surface area contributed by atoms with Crippen LogP contribution in [0.5, 0.6) is 0 Å². The Morgan fingerprint density at radius 1 is 0.516 bits per heavy atom. The van der Waals surface area contributed by atoms with Gasteiger partial charge in [-0.2, -0.15) is 0 Å². The summed E-state index contributed by atoms with van der Waals surface area (Å²) in [5.41, 5.74) is 0. The average Bonchev–Trinajstić information content (AvgIpc) is 3.24. The van der Waals surface area contributed by atoms with Crippen LogP contribution in [0.3, 0.4) is 0 Å². The van der Waals surface area contributed by atoms with Crippen LogP contribution in [0.1, 0.15) is 20.8 Å². The van der Waals surface area contributed by atoms with Crippen molar-refractivity contribution in [2.75, 3.05) is 33.1 Å². The van der Waals surface area contributed by atoms with Gasteiger partial charge in [-0.3, -0.25) is 9.59 Å². The van der Waals surface area contributed by atoms with Crippen molar-refractivity contribution in [1.82, 2.24) is 10.6 Å². The lowest BCUT2D eigenvalue weighted by Crippen LogP contribution is -2.70. The predicted molar refractivity (Wildman–Crippen MR) is 210 cm³/mol. The molecule has 27 atom stereocenters. The molecule has 5 heterocycles. The van der Waals surface area contributed by atoms with Gasteiger partial charge in [-0.05, 0) is 13.6 Å². The van der Waals surface area contributed by atoms with Gasteiger partial charge in [0.1, 0.15) is 116 Å². The first-order chi connectivity index (χ1) is 30.1. The minimum absolute atomic E-state index is 0.665. The van der Waals surface area contributed by atoms with Crippen LogP contribution in [0.25, 0.3) is 0 Å². The van der Waals surface area contributed by atoms with Gasteiger partial charge >= 0.3 is 0 Å². The summed E-state index contributed by atoms with van der Waals surface area (Å²) in [5, 5.41) is 143. The van der Waals surface area contributed by atoms with E-state index >= 15 is 0 Å². The molecule has 372 valence electrons. The zero-order valence-corrected chi connectivity index (χ0v) is 37.0. The van der Waals surface area contributed by atoms with Crippen LogP contribution in [-0.4, -0.2) is 265 Å². The second-order valence-corrected chi connectivity index (χ2v) is 19.6. The Hall–Kier alpha value is -1.12. The third kappa shape index (κ3) is 12.2. The normalized spacial score (nSPS) is 48.3. The molecular weight excluding hydrogens is 910 g/mol. The molecule has 0 spiro atoms. The lowest BCUT2D eigenvalue weighted by molar-refractivity contribution is -0.377. The molecule has 64 heavy (non-hydrogen) atoms. The second-order valence-electron chi connectivity index (χ2n) is 16.1. The zero-order chi connectivity index (χ0) is 47.5. The lowest BCUT2D eigenvalue weighted by Gasteiger charge is -2.50. The van der Waals surface area contributed by atoms with E-state index in [-0.39, 0.29) is 0 Å². The molecule has 5 aliphatic rings. The largest absolute Gasteiger partial charge is 0.394 e. The van der Waals surface area contributed by atoms with Gasteiger partial charge in [-0.25, -0.2) is 0 Å². The van der Waals surface area contributed by atoms with Crippen LogP contribution >= 0.6 is 16.8 Å². The van der Waals surface area contributed by atoms with E-state index in [1.165, 1.54) is 6.92 Å². The first-order valence-electron chi connectivity index (χ1n) is 20.3. The molecule has 0 bridgehead atoms. The molecule has 0 aromatic heterocycles. The molecule has 29 heteroatoms. The number of rotatable bonds is 16. The number of aliphatic hydroxyl groups is 13. The molecule has 0 saturated carbocycles. The predicted octanol–water partition coefficient (Wildman–Crippen LogP) is -8.77.